The summed E-state index contributed by atoms with van der Waals surface area (Å²) in [6.45, 7) is 1.92. The molecule has 1 aromatic carbocycles. The van der Waals surface area contributed by atoms with E-state index >= 15 is 0 Å². The second kappa shape index (κ2) is 5.30. The molecule has 0 aliphatic heterocycles. The first-order valence-electron chi connectivity index (χ1n) is 5.32. The van der Waals surface area contributed by atoms with Crippen molar-refractivity contribution in [1.29, 1.82) is 0 Å². The third kappa shape index (κ3) is 3.17. The molecule has 86 valence electrons. The zero-order chi connectivity index (χ0) is 12.1. The Morgan fingerprint density at radius 3 is 2.82 bits per heavy atom. The number of benzene rings is 1. The van der Waals surface area contributed by atoms with Gasteiger partial charge >= 0.3 is 0 Å². The van der Waals surface area contributed by atoms with Crippen molar-refractivity contribution in [3.8, 4) is 0 Å². The Kier molecular flexibility index (Phi) is 3.55. The van der Waals surface area contributed by atoms with Gasteiger partial charge in [-0.05, 0) is 30.7 Å². The number of nitrogens with zero attached hydrogens (tertiary/aromatic N) is 3. The molecule has 2 rings (SSSR count). The van der Waals surface area contributed by atoms with Gasteiger partial charge in [0.2, 0.25) is 0 Å². The number of aromatic nitrogens is 1. The van der Waals surface area contributed by atoms with Gasteiger partial charge in [-0.3, -0.25) is 4.98 Å². The Bertz CT molecular complexity index is 511. The maximum absolute atomic E-state index is 12.9. The zero-order valence-electron chi connectivity index (χ0n) is 9.42. The van der Waals surface area contributed by atoms with Crippen LogP contribution < -0.4 is 0 Å². The number of pyridine rings is 1. The molecule has 2 aromatic rings. The minimum atomic E-state index is -0.310. The highest BCUT2D eigenvalue weighted by Crippen LogP contribution is 2.19. The maximum Gasteiger partial charge on any atom is 0.125 e. The maximum atomic E-state index is 12.9. The first-order chi connectivity index (χ1) is 8.25. The van der Waals surface area contributed by atoms with Crippen molar-refractivity contribution in [2.45, 2.75) is 13.0 Å². The van der Waals surface area contributed by atoms with Crippen molar-refractivity contribution in [2.24, 2.45) is 10.2 Å². The van der Waals surface area contributed by atoms with Gasteiger partial charge in [-0.15, -0.1) is 0 Å². The third-order valence-electron chi connectivity index (χ3n) is 2.32. The molecule has 1 unspecified atom stereocenters. The molecule has 0 spiro atoms. The van der Waals surface area contributed by atoms with Gasteiger partial charge in [0.15, 0.2) is 0 Å². The van der Waals surface area contributed by atoms with E-state index in [4.69, 9.17) is 0 Å². The van der Waals surface area contributed by atoms with E-state index in [0.717, 1.165) is 5.56 Å². The van der Waals surface area contributed by atoms with Crippen LogP contribution in [0.25, 0.3) is 0 Å². The molecule has 0 amide bonds. The highest BCUT2D eigenvalue weighted by atomic mass is 19.1. The summed E-state index contributed by atoms with van der Waals surface area (Å²) in [5, 5.41) is 8.12. The Labute approximate surface area is 99.1 Å². The van der Waals surface area contributed by atoms with Crippen molar-refractivity contribution in [3.05, 3.63) is 60.2 Å². The lowest BCUT2D eigenvalue weighted by Gasteiger charge is -2.03. The van der Waals surface area contributed by atoms with Gasteiger partial charge in [-0.1, -0.05) is 12.1 Å². The molecule has 0 saturated heterocycles. The molecule has 1 atom stereocenters. The molecule has 3 nitrogen and oxygen atoms in total. The van der Waals surface area contributed by atoms with Gasteiger partial charge in [0.1, 0.15) is 5.82 Å². The van der Waals surface area contributed by atoms with Gasteiger partial charge < -0.3 is 0 Å². The summed E-state index contributed by atoms with van der Waals surface area (Å²) in [5.41, 5.74) is 1.49. The van der Waals surface area contributed by atoms with E-state index < -0.39 is 0 Å². The van der Waals surface area contributed by atoms with E-state index in [-0.39, 0.29) is 11.9 Å². The fraction of sp³-hybridized carbons (Fsp3) is 0.154. The van der Waals surface area contributed by atoms with Gasteiger partial charge in [-0.2, -0.15) is 10.2 Å². The first kappa shape index (κ1) is 11.4. The van der Waals surface area contributed by atoms with Crippen molar-refractivity contribution in [3.63, 3.8) is 0 Å². The van der Waals surface area contributed by atoms with Crippen LogP contribution in [0.3, 0.4) is 0 Å². The summed E-state index contributed by atoms with van der Waals surface area (Å²) in [6, 6.07) is 9.74. The van der Waals surface area contributed by atoms with Gasteiger partial charge in [-0.25, -0.2) is 4.39 Å². The van der Waals surface area contributed by atoms with Crippen LogP contribution in [0, 0.1) is 5.82 Å². The predicted octanol–water partition coefficient (Wildman–Crippen LogP) is 4.07. The van der Waals surface area contributed by atoms with Crippen LogP contribution in [-0.4, -0.2) is 4.98 Å². The Morgan fingerprint density at radius 1 is 1.24 bits per heavy atom. The molecule has 0 saturated carbocycles. The lowest BCUT2D eigenvalue weighted by molar-refractivity contribution is 0.627. The third-order valence-corrected chi connectivity index (χ3v) is 2.32. The van der Waals surface area contributed by atoms with Gasteiger partial charge in [0.05, 0.1) is 11.7 Å². The van der Waals surface area contributed by atoms with Crippen molar-refractivity contribution >= 4 is 5.69 Å². The molecular formula is C13H12FN3. The van der Waals surface area contributed by atoms with E-state index in [1.807, 2.05) is 19.1 Å². The standard InChI is InChI=1S/C13H12FN3/c1-10(11-4-3-7-15-9-11)16-17-13-6-2-5-12(14)8-13/h2-10H,1H3. The number of rotatable bonds is 3. The smallest absolute Gasteiger partial charge is 0.125 e. The highest BCUT2D eigenvalue weighted by Gasteiger charge is 2.02. The van der Waals surface area contributed by atoms with Crippen molar-refractivity contribution < 1.29 is 4.39 Å². The van der Waals surface area contributed by atoms with E-state index in [2.05, 4.69) is 15.2 Å². The largest absolute Gasteiger partial charge is 0.264 e. The monoisotopic (exact) mass is 229 g/mol. The quantitative estimate of drug-likeness (QED) is 0.731. The van der Waals surface area contributed by atoms with Crippen LogP contribution in [0.4, 0.5) is 10.1 Å². The second-order valence-corrected chi connectivity index (χ2v) is 3.66. The summed E-state index contributed by atoms with van der Waals surface area (Å²) in [7, 11) is 0. The lowest BCUT2D eigenvalue weighted by Crippen LogP contribution is -1.88. The molecular weight excluding hydrogens is 217 g/mol. The fourth-order valence-corrected chi connectivity index (χ4v) is 1.38. The highest BCUT2D eigenvalue weighted by molar-refractivity contribution is 5.35. The SMILES string of the molecule is CC(N=Nc1cccc(F)c1)c1cccnc1. The zero-order valence-corrected chi connectivity index (χ0v) is 9.42. The van der Waals surface area contributed by atoms with Crippen LogP contribution in [0.1, 0.15) is 18.5 Å². The number of hydrogen-bond acceptors (Lipinski definition) is 3. The molecule has 1 heterocycles. The van der Waals surface area contributed by atoms with Crippen molar-refractivity contribution in [2.75, 3.05) is 0 Å². The number of hydrogen-bond donors (Lipinski definition) is 0. The lowest BCUT2D eigenvalue weighted by atomic mass is 10.2. The second-order valence-electron chi connectivity index (χ2n) is 3.66. The number of halogens is 1. The first-order valence-corrected chi connectivity index (χ1v) is 5.32. The van der Waals surface area contributed by atoms with Crippen molar-refractivity contribution in [1.82, 2.24) is 4.98 Å². The van der Waals surface area contributed by atoms with Gasteiger partial charge in [0.25, 0.3) is 0 Å². The van der Waals surface area contributed by atoms with Crippen LogP contribution >= 0.6 is 0 Å². The van der Waals surface area contributed by atoms with Crippen LogP contribution in [0.2, 0.25) is 0 Å². The van der Waals surface area contributed by atoms with E-state index in [9.17, 15) is 4.39 Å². The molecule has 4 heteroatoms. The molecule has 0 fully saturated rings. The van der Waals surface area contributed by atoms with Crippen LogP contribution in [-0.2, 0) is 0 Å². The van der Waals surface area contributed by atoms with Crippen LogP contribution in [0.5, 0.6) is 0 Å². The Balaban J connectivity index is 2.11. The van der Waals surface area contributed by atoms with Gasteiger partial charge in [0, 0.05) is 18.5 Å². The molecule has 0 N–H and O–H groups in total. The minimum absolute atomic E-state index is 0.0908. The Hall–Kier alpha value is -2.10. The summed E-state index contributed by atoms with van der Waals surface area (Å²) in [6.07, 6.45) is 3.45. The predicted molar refractivity (Wildman–Crippen MR) is 63.6 cm³/mol. The normalized spacial score (nSPS) is 12.8. The van der Waals surface area contributed by atoms with E-state index in [1.54, 1.807) is 24.5 Å². The summed E-state index contributed by atoms with van der Waals surface area (Å²) >= 11 is 0. The summed E-state index contributed by atoms with van der Waals surface area (Å²) < 4.78 is 12.9. The van der Waals surface area contributed by atoms with E-state index in [0.29, 0.717) is 5.69 Å². The summed E-state index contributed by atoms with van der Waals surface area (Å²) in [5.74, 6) is -0.310. The summed E-state index contributed by atoms with van der Waals surface area (Å²) in [4.78, 5) is 4.01. The molecule has 0 aliphatic carbocycles. The Morgan fingerprint density at radius 2 is 2.12 bits per heavy atom. The molecule has 0 aliphatic rings. The molecule has 17 heavy (non-hydrogen) atoms. The average molecular weight is 229 g/mol. The molecule has 1 aromatic heterocycles. The fourth-order valence-electron chi connectivity index (χ4n) is 1.38. The number of azo groups is 1. The topological polar surface area (TPSA) is 37.6 Å². The van der Waals surface area contributed by atoms with Crippen LogP contribution in [0.15, 0.2) is 59.0 Å². The molecule has 0 bridgehead atoms. The minimum Gasteiger partial charge on any atom is -0.264 e. The van der Waals surface area contributed by atoms with E-state index in [1.165, 1.54) is 12.1 Å². The molecule has 0 radical (unpaired) electrons. The average Bonchev–Trinajstić information content (AvgIpc) is 2.37.